The Morgan fingerprint density at radius 1 is 1.33 bits per heavy atom. The first-order valence-electron chi connectivity index (χ1n) is 9.25. The molecule has 0 radical (unpaired) electrons. The fraction of sp³-hybridized carbons (Fsp3) is 0.500. The van der Waals surface area contributed by atoms with Gasteiger partial charge in [0.15, 0.2) is 11.5 Å². The van der Waals surface area contributed by atoms with E-state index >= 15 is 0 Å². The van der Waals surface area contributed by atoms with Gasteiger partial charge < -0.3 is 19.3 Å². The molecule has 2 aromatic rings. The molecule has 146 valence electrons. The zero-order valence-electron chi connectivity index (χ0n) is 16.3. The van der Waals surface area contributed by atoms with Crippen molar-refractivity contribution in [2.24, 2.45) is 0 Å². The Morgan fingerprint density at radius 3 is 2.74 bits per heavy atom. The first kappa shape index (κ1) is 19.4. The summed E-state index contributed by atoms with van der Waals surface area (Å²) < 4.78 is 16.4. The van der Waals surface area contributed by atoms with Gasteiger partial charge in [-0.1, -0.05) is 17.3 Å². The van der Waals surface area contributed by atoms with Crippen molar-refractivity contribution in [1.82, 2.24) is 15.4 Å². The molecule has 1 aromatic carbocycles. The molecule has 7 heteroatoms. The van der Waals surface area contributed by atoms with Crippen molar-refractivity contribution in [2.75, 3.05) is 26.7 Å². The Bertz CT molecular complexity index is 766. The van der Waals surface area contributed by atoms with Gasteiger partial charge in [0.1, 0.15) is 5.75 Å². The van der Waals surface area contributed by atoms with Crippen molar-refractivity contribution in [3.05, 3.63) is 36.0 Å². The van der Waals surface area contributed by atoms with Gasteiger partial charge in [0.25, 0.3) is 5.91 Å². The molecule has 1 N–H and O–H groups in total. The van der Waals surface area contributed by atoms with Crippen LogP contribution in [0.25, 0.3) is 11.3 Å². The first-order valence-corrected chi connectivity index (χ1v) is 9.25. The van der Waals surface area contributed by atoms with Gasteiger partial charge in [-0.15, -0.1) is 0 Å². The van der Waals surface area contributed by atoms with E-state index in [0.29, 0.717) is 18.1 Å². The molecule has 0 saturated carbocycles. The van der Waals surface area contributed by atoms with Crippen LogP contribution in [0.2, 0.25) is 0 Å². The zero-order chi connectivity index (χ0) is 19.4. The largest absolute Gasteiger partial charge is 0.496 e. The molecule has 1 aliphatic heterocycles. The highest BCUT2D eigenvalue weighted by molar-refractivity contribution is 5.93. The van der Waals surface area contributed by atoms with Crippen LogP contribution in [-0.2, 0) is 4.74 Å². The lowest BCUT2D eigenvalue weighted by Crippen LogP contribution is -2.52. The summed E-state index contributed by atoms with van der Waals surface area (Å²) in [4.78, 5) is 14.8. The highest BCUT2D eigenvalue weighted by atomic mass is 16.5. The molecule has 3 atom stereocenters. The lowest BCUT2D eigenvalue weighted by Gasteiger charge is -2.38. The third-order valence-corrected chi connectivity index (χ3v) is 4.74. The molecule has 2 heterocycles. The van der Waals surface area contributed by atoms with E-state index in [1.807, 2.05) is 24.3 Å². The second-order valence-corrected chi connectivity index (χ2v) is 7.05. The molecule has 3 rings (SSSR count). The standard InChI is InChI=1S/C20H27N3O4/c1-13(23-11-14(2)26-15(3)12-23)10-21-20(24)17-9-19(27-22-17)16-7-5-6-8-18(16)25-4/h5-9,13-15H,10-12H2,1-4H3,(H,21,24). The number of morpholine rings is 1. The van der Waals surface area contributed by atoms with E-state index in [-0.39, 0.29) is 29.9 Å². The summed E-state index contributed by atoms with van der Waals surface area (Å²) in [5, 5.41) is 6.85. The number of ether oxygens (including phenoxy) is 2. The minimum Gasteiger partial charge on any atom is -0.496 e. The topological polar surface area (TPSA) is 76.8 Å². The number of hydrogen-bond acceptors (Lipinski definition) is 6. The molecular formula is C20H27N3O4. The van der Waals surface area contributed by atoms with Crippen molar-refractivity contribution < 1.29 is 18.8 Å². The average molecular weight is 373 g/mol. The van der Waals surface area contributed by atoms with Crippen molar-refractivity contribution in [3.63, 3.8) is 0 Å². The lowest BCUT2D eigenvalue weighted by atomic mass is 10.1. The number of amides is 1. The van der Waals surface area contributed by atoms with E-state index in [0.717, 1.165) is 18.7 Å². The van der Waals surface area contributed by atoms with Gasteiger partial charge in [-0.3, -0.25) is 9.69 Å². The Morgan fingerprint density at radius 2 is 2.04 bits per heavy atom. The summed E-state index contributed by atoms with van der Waals surface area (Å²) in [6, 6.07) is 9.31. The number of carbonyl (C=O) groups excluding carboxylic acids is 1. The van der Waals surface area contributed by atoms with Crippen LogP contribution in [0.4, 0.5) is 0 Å². The fourth-order valence-corrected chi connectivity index (χ4v) is 3.39. The fourth-order valence-electron chi connectivity index (χ4n) is 3.39. The van der Waals surface area contributed by atoms with Gasteiger partial charge in [-0.25, -0.2) is 0 Å². The maximum absolute atomic E-state index is 12.5. The smallest absolute Gasteiger partial charge is 0.273 e. The summed E-state index contributed by atoms with van der Waals surface area (Å²) in [6.07, 6.45) is 0.400. The van der Waals surface area contributed by atoms with E-state index in [1.54, 1.807) is 13.2 Å². The predicted molar refractivity (Wildman–Crippen MR) is 102 cm³/mol. The molecule has 1 fully saturated rings. The Kier molecular flexibility index (Phi) is 6.13. The molecule has 27 heavy (non-hydrogen) atoms. The third kappa shape index (κ3) is 4.67. The quantitative estimate of drug-likeness (QED) is 0.839. The molecule has 0 bridgehead atoms. The maximum atomic E-state index is 12.5. The molecule has 1 amide bonds. The molecule has 0 spiro atoms. The molecule has 1 aliphatic rings. The van der Waals surface area contributed by atoms with Crippen molar-refractivity contribution >= 4 is 5.91 Å². The maximum Gasteiger partial charge on any atom is 0.273 e. The van der Waals surface area contributed by atoms with Gasteiger partial charge >= 0.3 is 0 Å². The van der Waals surface area contributed by atoms with Gasteiger partial charge in [-0.05, 0) is 32.9 Å². The van der Waals surface area contributed by atoms with E-state index in [9.17, 15) is 4.79 Å². The van der Waals surface area contributed by atoms with E-state index in [2.05, 4.69) is 36.1 Å². The lowest BCUT2D eigenvalue weighted by molar-refractivity contribution is -0.0778. The van der Waals surface area contributed by atoms with Crippen LogP contribution in [0, 0.1) is 0 Å². The molecule has 7 nitrogen and oxygen atoms in total. The summed E-state index contributed by atoms with van der Waals surface area (Å²) in [5.41, 5.74) is 1.02. The summed E-state index contributed by atoms with van der Waals surface area (Å²) in [6.45, 7) is 8.52. The number of nitrogens with zero attached hydrogens (tertiary/aromatic N) is 2. The molecule has 3 unspecified atom stereocenters. The summed E-state index contributed by atoms with van der Waals surface area (Å²) in [5.74, 6) is 0.923. The van der Waals surface area contributed by atoms with Gasteiger partial charge in [0, 0.05) is 31.7 Å². The van der Waals surface area contributed by atoms with Crippen molar-refractivity contribution in [1.29, 1.82) is 0 Å². The summed E-state index contributed by atoms with van der Waals surface area (Å²) >= 11 is 0. The van der Waals surface area contributed by atoms with Crippen LogP contribution in [0.1, 0.15) is 31.3 Å². The second-order valence-electron chi connectivity index (χ2n) is 7.05. The number of aromatic nitrogens is 1. The highest BCUT2D eigenvalue weighted by Gasteiger charge is 2.26. The number of nitrogens with one attached hydrogen (secondary N) is 1. The Hall–Kier alpha value is -2.38. The van der Waals surface area contributed by atoms with Crippen molar-refractivity contribution in [2.45, 2.75) is 39.0 Å². The van der Waals surface area contributed by atoms with Crippen LogP contribution < -0.4 is 10.1 Å². The Labute approximate surface area is 159 Å². The minimum absolute atomic E-state index is 0.200. The summed E-state index contributed by atoms with van der Waals surface area (Å²) in [7, 11) is 1.59. The Balaban J connectivity index is 1.60. The van der Waals surface area contributed by atoms with Crippen LogP contribution in [0.5, 0.6) is 5.75 Å². The number of benzene rings is 1. The van der Waals surface area contributed by atoms with E-state index in [4.69, 9.17) is 14.0 Å². The molecule has 1 saturated heterocycles. The molecular weight excluding hydrogens is 346 g/mol. The first-order chi connectivity index (χ1) is 13.0. The normalized spacial score (nSPS) is 21.6. The van der Waals surface area contributed by atoms with Crippen LogP contribution in [0.15, 0.2) is 34.9 Å². The molecule has 0 aliphatic carbocycles. The number of rotatable bonds is 6. The number of carbonyl (C=O) groups is 1. The second kappa shape index (κ2) is 8.54. The van der Waals surface area contributed by atoms with E-state index in [1.165, 1.54) is 0 Å². The number of methoxy groups -OCH3 is 1. The van der Waals surface area contributed by atoms with Crippen LogP contribution in [0.3, 0.4) is 0 Å². The number of para-hydroxylation sites is 1. The monoisotopic (exact) mass is 373 g/mol. The average Bonchev–Trinajstić information content (AvgIpc) is 3.15. The zero-order valence-corrected chi connectivity index (χ0v) is 16.3. The molecule has 1 aromatic heterocycles. The van der Waals surface area contributed by atoms with E-state index < -0.39 is 0 Å². The van der Waals surface area contributed by atoms with Gasteiger partial charge in [-0.2, -0.15) is 0 Å². The van der Waals surface area contributed by atoms with Crippen LogP contribution in [-0.4, -0.2) is 61.0 Å². The number of hydrogen-bond donors (Lipinski definition) is 1. The highest BCUT2D eigenvalue weighted by Crippen LogP contribution is 2.29. The SMILES string of the molecule is COc1ccccc1-c1cc(C(=O)NCC(C)N2CC(C)OC(C)C2)no1. The minimum atomic E-state index is -0.249. The predicted octanol–water partition coefficient (Wildman–Crippen LogP) is 2.58. The van der Waals surface area contributed by atoms with Crippen molar-refractivity contribution in [3.8, 4) is 17.1 Å². The van der Waals surface area contributed by atoms with Gasteiger partial charge in [0.2, 0.25) is 0 Å². The van der Waals surface area contributed by atoms with Gasteiger partial charge in [0.05, 0.1) is 24.9 Å². The van der Waals surface area contributed by atoms with Crippen LogP contribution >= 0.6 is 0 Å². The third-order valence-electron chi connectivity index (χ3n) is 4.74.